The number of hydrogen-bond acceptors (Lipinski definition) is 4. The Morgan fingerprint density at radius 1 is 0.966 bits per heavy atom. The molecule has 0 radical (unpaired) electrons. The molecule has 0 aromatic heterocycles. The van der Waals surface area contributed by atoms with Crippen molar-refractivity contribution in [3.05, 3.63) is 65.7 Å². The predicted molar refractivity (Wildman–Crippen MR) is 116 cm³/mol. The molecule has 0 fully saturated rings. The smallest absolute Gasteiger partial charge is 0.253 e. The third-order valence-electron chi connectivity index (χ3n) is 4.23. The summed E-state index contributed by atoms with van der Waals surface area (Å²) in [6.07, 6.45) is 1.09. The fraction of sp³-hybridized carbons (Fsp3) is 0.364. The Bertz CT molecular complexity index is 925. The molecule has 0 spiro atoms. The van der Waals surface area contributed by atoms with E-state index in [9.17, 15) is 18.0 Å². The standard InChI is InChI=1S/C22H28N2O4S/c1-17(2)15-23-22(26)19-12-6-7-13-20(19)24-21(25)16-29(27,28)14-8-11-18-9-4-3-5-10-18/h3-7,9-10,12-13,17H,8,11,14-16H2,1-2H3,(H,23,26)(H,24,25). The van der Waals surface area contributed by atoms with Crippen LogP contribution in [0.2, 0.25) is 0 Å². The first-order valence-electron chi connectivity index (χ1n) is 9.68. The average Bonchev–Trinajstić information content (AvgIpc) is 2.66. The molecule has 29 heavy (non-hydrogen) atoms. The van der Waals surface area contributed by atoms with E-state index in [2.05, 4.69) is 10.6 Å². The highest BCUT2D eigenvalue weighted by atomic mass is 32.2. The number of hydrogen-bond donors (Lipinski definition) is 2. The molecule has 0 unspecified atom stereocenters. The third-order valence-corrected chi connectivity index (χ3v) is 5.84. The molecule has 0 saturated heterocycles. The Labute approximate surface area is 172 Å². The number of amides is 2. The van der Waals surface area contributed by atoms with Gasteiger partial charge in [0, 0.05) is 6.54 Å². The van der Waals surface area contributed by atoms with E-state index in [4.69, 9.17) is 0 Å². The number of anilines is 1. The van der Waals surface area contributed by atoms with E-state index in [1.165, 1.54) is 0 Å². The third kappa shape index (κ3) is 8.07. The summed E-state index contributed by atoms with van der Waals surface area (Å²) in [5.41, 5.74) is 1.68. The minimum Gasteiger partial charge on any atom is -0.352 e. The van der Waals surface area contributed by atoms with E-state index < -0.39 is 21.5 Å². The van der Waals surface area contributed by atoms with Crippen molar-refractivity contribution >= 4 is 27.3 Å². The Balaban J connectivity index is 1.91. The van der Waals surface area contributed by atoms with Crippen LogP contribution in [-0.4, -0.2) is 38.3 Å². The monoisotopic (exact) mass is 416 g/mol. The quantitative estimate of drug-likeness (QED) is 0.623. The summed E-state index contributed by atoms with van der Waals surface area (Å²) in [4.78, 5) is 24.6. The number of carbonyl (C=O) groups is 2. The molecule has 0 saturated carbocycles. The van der Waals surface area contributed by atoms with E-state index >= 15 is 0 Å². The zero-order chi connectivity index (χ0) is 21.3. The normalized spacial score (nSPS) is 11.3. The maximum atomic E-state index is 12.3. The highest BCUT2D eigenvalue weighted by Gasteiger charge is 2.19. The lowest BCUT2D eigenvalue weighted by Gasteiger charge is -2.12. The van der Waals surface area contributed by atoms with Crippen LogP contribution in [0.4, 0.5) is 5.69 Å². The fourth-order valence-electron chi connectivity index (χ4n) is 2.78. The van der Waals surface area contributed by atoms with Crippen molar-refractivity contribution in [3.8, 4) is 0 Å². The fourth-order valence-corrected chi connectivity index (χ4v) is 3.98. The van der Waals surface area contributed by atoms with Crippen LogP contribution in [0, 0.1) is 5.92 Å². The summed E-state index contributed by atoms with van der Waals surface area (Å²) < 4.78 is 24.6. The van der Waals surface area contributed by atoms with Crippen LogP contribution in [0.25, 0.3) is 0 Å². The van der Waals surface area contributed by atoms with Crippen molar-refractivity contribution in [1.82, 2.24) is 5.32 Å². The minimum absolute atomic E-state index is 0.0637. The zero-order valence-electron chi connectivity index (χ0n) is 16.9. The molecule has 2 aromatic carbocycles. The van der Waals surface area contributed by atoms with Gasteiger partial charge in [0.1, 0.15) is 5.75 Å². The summed E-state index contributed by atoms with van der Waals surface area (Å²) >= 11 is 0. The lowest BCUT2D eigenvalue weighted by molar-refractivity contribution is -0.113. The van der Waals surface area contributed by atoms with Gasteiger partial charge in [-0.05, 0) is 36.5 Å². The van der Waals surface area contributed by atoms with E-state index in [0.717, 1.165) is 5.56 Å². The number of carbonyl (C=O) groups excluding carboxylic acids is 2. The molecular formula is C22H28N2O4S. The topological polar surface area (TPSA) is 92.3 Å². The zero-order valence-corrected chi connectivity index (χ0v) is 17.7. The van der Waals surface area contributed by atoms with Crippen LogP contribution >= 0.6 is 0 Å². The van der Waals surface area contributed by atoms with Gasteiger partial charge in [0.05, 0.1) is 17.0 Å². The number of para-hydroxylation sites is 1. The Morgan fingerprint density at radius 3 is 2.31 bits per heavy atom. The molecule has 0 bridgehead atoms. The number of rotatable bonds is 10. The lowest BCUT2D eigenvalue weighted by Crippen LogP contribution is -2.29. The minimum atomic E-state index is -3.54. The molecule has 6 nitrogen and oxygen atoms in total. The molecule has 0 aliphatic carbocycles. The van der Waals surface area contributed by atoms with Crippen LogP contribution in [0.15, 0.2) is 54.6 Å². The van der Waals surface area contributed by atoms with Crippen molar-refractivity contribution in [2.24, 2.45) is 5.92 Å². The van der Waals surface area contributed by atoms with Gasteiger partial charge >= 0.3 is 0 Å². The van der Waals surface area contributed by atoms with Crippen LogP contribution < -0.4 is 10.6 Å². The molecule has 0 heterocycles. The van der Waals surface area contributed by atoms with E-state index in [1.807, 2.05) is 44.2 Å². The summed E-state index contributed by atoms with van der Waals surface area (Å²) in [7, 11) is -3.54. The first kappa shape index (κ1) is 22.6. The maximum Gasteiger partial charge on any atom is 0.253 e. The largest absolute Gasteiger partial charge is 0.352 e. The molecule has 0 atom stereocenters. The highest BCUT2D eigenvalue weighted by molar-refractivity contribution is 7.92. The predicted octanol–water partition coefficient (Wildman–Crippen LogP) is 3.06. The van der Waals surface area contributed by atoms with Gasteiger partial charge in [-0.25, -0.2) is 8.42 Å². The molecule has 2 aromatic rings. The van der Waals surface area contributed by atoms with Crippen molar-refractivity contribution in [2.45, 2.75) is 26.7 Å². The van der Waals surface area contributed by atoms with Gasteiger partial charge in [-0.2, -0.15) is 0 Å². The maximum absolute atomic E-state index is 12.3. The molecule has 7 heteroatoms. The molecule has 0 aliphatic rings. The van der Waals surface area contributed by atoms with E-state index in [0.29, 0.717) is 36.6 Å². The summed E-state index contributed by atoms with van der Waals surface area (Å²) in [6.45, 7) is 4.48. The van der Waals surface area contributed by atoms with Gasteiger partial charge in [-0.1, -0.05) is 56.3 Å². The van der Waals surface area contributed by atoms with E-state index in [1.54, 1.807) is 24.3 Å². The lowest BCUT2D eigenvalue weighted by atomic mass is 10.1. The first-order chi connectivity index (χ1) is 13.8. The van der Waals surface area contributed by atoms with Crippen LogP contribution in [0.5, 0.6) is 0 Å². The second-order valence-electron chi connectivity index (χ2n) is 7.38. The summed E-state index contributed by atoms with van der Waals surface area (Å²) in [5, 5.41) is 5.36. The molecule has 2 N–H and O–H groups in total. The van der Waals surface area contributed by atoms with Gasteiger partial charge in [-0.3, -0.25) is 9.59 Å². The van der Waals surface area contributed by atoms with Gasteiger partial charge in [0.25, 0.3) is 5.91 Å². The van der Waals surface area contributed by atoms with Gasteiger partial charge in [-0.15, -0.1) is 0 Å². The second kappa shape index (κ2) is 10.8. The molecule has 2 rings (SSSR count). The molecule has 2 amide bonds. The number of sulfone groups is 1. The number of aryl methyl sites for hydroxylation is 1. The van der Waals surface area contributed by atoms with Gasteiger partial charge < -0.3 is 10.6 Å². The SMILES string of the molecule is CC(C)CNC(=O)c1ccccc1NC(=O)CS(=O)(=O)CCCc1ccccc1. The number of benzene rings is 2. The Kier molecular flexibility index (Phi) is 8.39. The average molecular weight is 417 g/mol. The van der Waals surface area contributed by atoms with E-state index in [-0.39, 0.29) is 11.7 Å². The second-order valence-corrected chi connectivity index (χ2v) is 9.56. The van der Waals surface area contributed by atoms with Crippen molar-refractivity contribution in [3.63, 3.8) is 0 Å². The van der Waals surface area contributed by atoms with Crippen molar-refractivity contribution in [1.29, 1.82) is 0 Å². The Hall–Kier alpha value is -2.67. The van der Waals surface area contributed by atoms with Crippen LogP contribution in [0.1, 0.15) is 36.2 Å². The summed E-state index contributed by atoms with van der Waals surface area (Å²) in [5.74, 6) is -1.33. The summed E-state index contributed by atoms with van der Waals surface area (Å²) in [6, 6.07) is 16.2. The Morgan fingerprint density at radius 2 is 1.62 bits per heavy atom. The first-order valence-corrected chi connectivity index (χ1v) is 11.5. The van der Waals surface area contributed by atoms with Crippen molar-refractivity contribution < 1.29 is 18.0 Å². The molecule has 156 valence electrons. The van der Waals surface area contributed by atoms with Gasteiger partial charge in [0.2, 0.25) is 5.91 Å². The van der Waals surface area contributed by atoms with Crippen LogP contribution in [0.3, 0.4) is 0 Å². The van der Waals surface area contributed by atoms with Crippen molar-refractivity contribution in [2.75, 3.05) is 23.4 Å². The van der Waals surface area contributed by atoms with Crippen LogP contribution in [-0.2, 0) is 21.1 Å². The molecular weight excluding hydrogens is 388 g/mol. The molecule has 0 aliphatic heterocycles. The van der Waals surface area contributed by atoms with Gasteiger partial charge in [0.15, 0.2) is 9.84 Å². The highest BCUT2D eigenvalue weighted by Crippen LogP contribution is 2.15. The number of nitrogens with one attached hydrogen (secondary N) is 2.